The minimum absolute atomic E-state index is 0.0990. The van der Waals surface area contributed by atoms with Crippen LogP contribution >= 0.6 is 11.6 Å². The van der Waals surface area contributed by atoms with Crippen LogP contribution < -0.4 is 10.1 Å². The average Bonchev–Trinajstić information content (AvgIpc) is 2.68. The number of hydrogen-bond acceptors (Lipinski definition) is 3. The van der Waals surface area contributed by atoms with Crippen LogP contribution in [-0.2, 0) is 11.2 Å². The van der Waals surface area contributed by atoms with Gasteiger partial charge < -0.3 is 10.1 Å². The molecule has 1 aromatic heterocycles. The number of anilines is 1. The van der Waals surface area contributed by atoms with E-state index in [-0.39, 0.29) is 11.8 Å². The summed E-state index contributed by atoms with van der Waals surface area (Å²) in [6.07, 6.45) is 4.02. The Balaban J connectivity index is 1.91. The maximum Gasteiger partial charge on any atom is 0.232 e. The van der Waals surface area contributed by atoms with Crippen molar-refractivity contribution in [3.8, 4) is 5.75 Å². The number of nitrogens with one attached hydrogen (secondary N) is 1. The molecule has 0 spiro atoms. The molecule has 3 rings (SSSR count). The van der Waals surface area contributed by atoms with Crippen LogP contribution in [-0.4, -0.2) is 18.0 Å². The Morgan fingerprint density at radius 2 is 1.81 bits per heavy atom. The van der Waals surface area contributed by atoms with E-state index in [0.29, 0.717) is 22.9 Å². The second-order valence-corrected chi connectivity index (χ2v) is 6.79. The Morgan fingerprint density at radius 1 is 1.11 bits per heavy atom. The summed E-state index contributed by atoms with van der Waals surface area (Å²) in [6.45, 7) is 1.97. The number of carbonyl (C=O) groups excluding carboxylic acids is 1. The Morgan fingerprint density at radius 3 is 2.48 bits per heavy atom. The van der Waals surface area contributed by atoms with Crippen molar-refractivity contribution in [1.29, 1.82) is 0 Å². The van der Waals surface area contributed by atoms with Gasteiger partial charge in [0, 0.05) is 17.4 Å². The number of ether oxygens (including phenoxy) is 1. The van der Waals surface area contributed by atoms with E-state index in [2.05, 4.69) is 10.3 Å². The van der Waals surface area contributed by atoms with Crippen molar-refractivity contribution in [3.63, 3.8) is 0 Å². The number of nitrogens with zero attached hydrogens (tertiary/aromatic N) is 1. The molecule has 1 unspecified atom stereocenters. The lowest BCUT2D eigenvalue weighted by Crippen LogP contribution is -2.23. The van der Waals surface area contributed by atoms with E-state index in [9.17, 15) is 4.79 Å². The van der Waals surface area contributed by atoms with Crippen LogP contribution in [0.4, 0.5) is 5.69 Å². The fourth-order valence-electron chi connectivity index (χ4n) is 2.95. The third-order valence-corrected chi connectivity index (χ3v) is 4.64. The molecular formula is C22H21ClN2O2. The molecule has 0 aliphatic carbocycles. The molecule has 5 heteroatoms. The van der Waals surface area contributed by atoms with E-state index in [1.54, 1.807) is 31.6 Å². The van der Waals surface area contributed by atoms with Gasteiger partial charge in [-0.05, 0) is 66.4 Å². The summed E-state index contributed by atoms with van der Waals surface area (Å²) in [5, 5.41) is 3.66. The normalized spacial score (nSPS) is 11.7. The molecule has 1 atom stereocenters. The third-order valence-electron chi connectivity index (χ3n) is 4.39. The minimum atomic E-state index is -0.366. The van der Waals surface area contributed by atoms with Gasteiger partial charge in [0.25, 0.3) is 0 Å². The number of benzene rings is 2. The molecule has 1 amide bonds. The lowest BCUT2D eigenvalue weighted by Gasteiger charge is -2.19. The Bertz CT molecular complexity index is 911. The first kappa shape index (κ1) is 18.9. The monoisotopic (exact) mass is 380 g/mol. The molecule has 2 aromatic carbocycles. The number of rotatable bonds is 6. The molecule has 27 heavy (non-hydrogen) atoms. The van der Waals surface area contributed by atoms with Crippen molar-refractivity contribution in [1.82, 2.24) is 4.98 Å². The maximum atomic E-state index is 13.2. The van der Waals surface area contributed by atoms with Crippen LogP contribution in [0.2, 0.25) is 5.02 Å². The number of aromatic nitrogens is 1. The topological polar surface area (TPSA) is 51.2 Å². The number of halogens is 1. The summed E-state index contributed by atoms with van der Waals surface area (Å²) in [5.74, 6) is 0.167. The van der Waals surface area contributed by atoms with E-state index in [1.165, 1.54) is 0 Å². The SMILES string of the molecule is COc1ccc(C)cc1NC(=O)C(Cc1ccncc1)c1ccc(Cl)cc1. The fraction of sp³-hybridized carbons (Fsp3) is 0.182. The van der Waals surface area contributed by atoms with Crippen molar-refractivity contribution >= 4 is 23.2 Å². The zero-order chi connectivity index (χ0) is 19.2. The fourth-order valence-corrected chi connectivity index (χ4v) is 3.08. The summed E-state index contributed by atoms with van der Waals surface area (Å²) < 4.78 is 5.38. The van der Waals surface area contributed by atoms with Gasteiger partial charge in [-0.15, -0.1) is 0 Å². The first-order chi connectivity index (χ1) is 13.1. The molecule has 138 valence electrons. The van der Waals surface area contributed by atoms with E-state index in [1.807, 2.05) is 49.4 Å². The molecule has 0 aliphatic heterocycles. The standard InChI is InChI=1S/C22H21ClN2O2/c1-15-3-8-21(27-2)20(13-15)25-22(26)19(14-16-9-11-24-12-10-16)17-4-6-18(23)7-5-17/h3-13,19H,14H2,1-2H3,(H,25,26). The maximum absolute atomic E-state index is 13.2. The summed E-state index contributed by atoms with van der Waals surface area (Å²) in [7, 11) is 1.59. The van der Waals surface area contributed by atoms with Crippen LogP contribution in [0.1, 0.15) is 22.6 Å². The van der Waals surface area contributed by atoms with E-state index in [4.69, 9.17) is 16.3 Å². The van der Waals surface area contributed by atoms with Crippen molar-refractivity contribution in [2.24, 2.45) is 0 Å². The third kappa shape index (κ3) is 4.86. The predicted molar refractivity (Wildman–Crippen MR) is 108 cm³/mol. The van der Waals surface area contributed by atoms with Gasteiger partial charge in [-0.2, -0.15) is 0 Å². The Kier molecular flexibility index (Phi) is 6.09. The summed E-state index contributed by atoms with van der Waals surface area (Å²) in [5.41, 5.74) is 3.65. The van der Waals surface area contributed by atoms with Gasteiger partial charge in [-0.1, -0.05) is 29.8 Å². The molecule has 3 aromatic rings. The van der Waals surface area contributed by atoms with E-state index < -0.39 is 0 Å². The number of aryl methyl sites for hydroxylation is 1. The van der Waals surface area contributed by atoms with Gasteiger partial charge in [-0.3, -0.25) is 9.78 Å². The highest BCUT2D eigenvalue weighted by atomic mass is 35.5. The molecular weight excluding hydrogens is 360 g/mol. The number of methoxy groups -OCH3 is 1. The van der Waals surface area contributed by atoms with Gasteiger partial charge >= 0.3 is 0 Å². The van der Waals surface area contributed by atoms with Gasteiger partial charge in [-0.25, -0.2) is 0 Å². The number of pyridine rings is 1. The summed E-state index contributed by atoms with van der Waals surface area (Å²) >= 11 is 6.02. The van der Waals surface area contributed by atoms with Crippen LogP contribution in [0.5, 0.6) is 5.75 Å². The zero-order valence-corrected chi connectivity index (χ0v) is 16.0. The Labute approximate surface area is 164 Å². The van der Waals surface area contributed by atoms with Gasteiger partial charge in [0.2, 0.25) is 5.91 Å². The smallest absolute Gasteiger partial charge is 0.232 e. The molecule has 0 bridgehead atoms. The van der Waals surface area contributed by atoms with Crippen molar-refractivity contribution < 1.29 is 9.53 Å². The first-order valence-electron chi connectivity index (χ1n) is 8.66. The number of amides is 1. The lowest BCUT2D eigenvalue weighted by molar-refractivity contribution is -0.117. The molecule has 0 radical (unpaired) electrons. The molecule has 0 fully saturated rings. The number of carbonyl (C=O) groups is 1. The second kappa shape index (κ2) is 8.69. The van der Waals surface area contributed by atoms with Crippen LogP contribution in [0.3, 0.4) is 0 Å². The van der Waals surface area contributed by atoms with Gasteiger partial charge in [0.05, 0.1) is 18.7 Å². The van der Waals surface area contributed by atoms with Gasteiger partial charge in [0.15, 0.2) is 0 Å². The molecule has 4 nitrogen and oxygen atoms in total. The van der Waals surface area contributed by atoms with Crippen molar-refractivity contribution in [2.45, 2.75) is 19.3 Å². The quantitative estimate of drug-likeness (QED) is 0.653. The molecule has 0 saturated carbocycles. The highest BCUT2D eigenvalue weighted by molar-refractivity contribution is 6.30. The molecule has 0 aliphatic rings. The van der Waals surface area contributed by atoms with Gasteiger partial charge in [0.1, 0.15) is 5.75 Å². The van der Waals surface area contributed by atoms with Crippen LogP contribution in [0, 0.1) is 6.92 Å². The average molecular weight is 381 g/mol. The van der Waals surface area contributed by atoms with Crippen LogP contribution in [0.25, 0.3) is 0 Å². The summed E-state index contributed by atoms with van der Waals surface area (Å²) in [6, 6.07) is 16.9. The molecule has 1 heterocycles. The lowest BCUT2D eigenvalue weighted by atomic mass is 9.91. The highest BCUT2D eigenvalue weighted by Crippen LogP contribution is 2.29. The van der Waals surface area contributed by atoms with Crippen molar-refractivity contribution in [3.05, 3.63) is 88.7 Å². The van der Waals surface area contributed by atoms with Crippen LogP contribution in [0.15, 0.2) is 67.0 Å². The molecule has 1 N–H and O–H groups in total. The minimum Gasteiger partial charge on any atom is -0.495 e. The van der Waals surface area contributed by atoms with E-state index in [0.717, 1.165) is 16.7 Å². The largest absolute Gasteiger partial charge is 0.495 e. The second-order valence-electron chi connectivity index (χ2n) is 6.36. The Hall–Kier alpha value is -2.85. The summed E-state index contributed by atoms with van der Waals surface area (Å²) in [4.78, 5) is 17.2. The first-order valence-corrected chi connectivity index (χ1v) is 9.04. The zero-order valence-electron chi connectivity index (χ0n) is 15.3. The number of hydrogen-bond donors (Lipinski definition) is 1. The predicted octanol–water partition coefficient (Wildman–Crippen LogP) is 5.02. The van der Waals surface area contributed by atoms with Crippen molar-refractivity contribution in [2.75, 3.05) is 12.4 Å². The highest BCUT2D eigenvalue weighted by Gasteiger charge is 2.22. The van der Waals surface area contributed by atoms with E-state index >= 15 is 0 Å². The molecule has 0 saturated heterocycles.